The van der Waals surface area contributed by atoms with Gasteiger partial charge in [0.1, 0.15) is 0 Å². The molecular weight excluding hydrogens is 284 g/mol. The lowest BCUT2D eigenvalue weighted by Gasteiger charge is -2.09. The van der Waals surface area contributed by atoms with Gasteiger partial charge in [0.15, 0.2) is 0 Å². The van der Waals surface area contributed by atoms with E-state index in [9.17, 15) is 0 Å². The summed E-state index contributed by atoms with van der Waals surface area (Å²) < 4.78 is 1.06. The first kappa shape index (κ1) is 12.2. The Kier molecular flexibility index (Phi) is 5.70. The molecule has 0 atom stereocenters. The number of thioether (sulfide) groups is 1. The predicted octanol–water partition coefficient (Wildman–Crippen LogP) is 3.46. The van der Waals surface area contributed by atoms with Crippen molar-refractivity contribution >= 4 is 45.0 Å². The van der Waals surface area contributed by atoms with Crippen LogP contribution in [0.1, 0.15) is 6.42 Å². The second kappa shape index (κ2) is 6.56. The number of benzene rings is 1. The molecule has 5 heteroatoms. The van der Waals surface area contributed by atoms with Crippen LogP contribution in [0.25, 0.3) is 0 Å². The van der Waals surface area contributed by atoms with E-state index >= 15 is 0 Å². The summed E-state index contributed by atoms with van der Waals surface area (Å²) in [5, 5.41) is 0. The van der Waals surface area contributed by atoms with Crippen molar-refractivity contribution in [1.82, 2.24) is 0 Å². The molecule has 0 heterocycles. The summed E-state index contributed by atoms with van der Waals surface area (Å²) in [6, 6.07) is 5.91. The summed E-state index contributed by atoms with van der Waals surface area (Å²) in [4.78, 5) is 1.14. The molecule has 1 aromatic rings. The second-order valence-electron chi connectivity index (χ2n) is 2.65. The van der Waals surface area contributed by atoms with Crippen molar-refractivity contribution in [2.75, 3.05) is 17.1 Å². The van der Waals surface area contributed by atoms with Crippen molar-refractivity contribution in [2.24, 2.45) is 5.84 Å². The Balaban J connectivity index is 2.72. The first-order chi connectivity index (χ1) is 6.79. The van der Waals surface area contributed by atoms with E-state index in [0.29, 0.717) is 5.88 Å². The first-order valence-electron chi connectivity index (χ1n) is 4.23. The number of hydrogen-bond acceptors (Lipinski definition) is 3. The van der Waals surface area contributed by atoms with E-state index in [4.69, 9.17) is 17.4 Å². The van der Waals surface area contributed by atoms with Gasteiger partial charge in [-0.2, -0.15) is 0 Å². The van der Waals surface area contributed by atoms with Crippen LogP contribution in [0.4, 0.5) is 5.69 Å². The Labute approximate surface area is 102 Å². The van der Waals surface area contributed by atoms with Crippen molar-refractivity contribution in [3.05, 3.63) is 22.7 Å². The third-order valence-corrected chi connectivity index (χ3v) is 4.06. The minimum absolute atomic E-state index is 0.697. The number of nitrogen functional groups attached to an aromatic ring is 1. The van der Waals surface area contributed by atoms with Gasteiger partial charge in [0, 0.05) is 15.2 Å². The van der Waals surface area contributed by atoms with Crippen LogP contribution in [0.15, 0.2) is 27.6 Å². The molecule has 0 unspecified atom stereocenters. The van der Waals surface area contributed by atoms with Crippen molar-refractivity contribution in [2.45, 2.75) is 11.3 Å². The first-order valence-corrected chi connectivity index (χ1v) is 6.54. The zero-order valence-electron chi connectivity index (χ0n) is 7.59. The number of hydrazine groups is 1. The SMILES string of the molecule is NNc1cccc(Br)c1SCCCCl. The number of hydrogen-bond donors (Lipinski definition) is 2. The number of halogens is 2. The Morgan fingerprint density at radius 1 is 1.50 bits per heavy atom. The Bertz CT molecular complexity index is 296. The number of nitrogens with two attached hydrogens (primary N) is 1. The molecule has 0 aliphatic heterocycles. The third kappa shape index (κ3) is 3.35. The predicted molar refractivity (Wildman–Crippen MR) is 68.0 cm³/mol. The van der Waals surface area contributed by atoms with Crippen LogP contribution in [-0.4, -0.2) is 11.6 Å². The van der Waals surface area contributed by atoms with Crippen LogP contribution >= 0.6 is 39.3 Å². The van der Waals surface area contributed by atoms with Gasteiger partial charge in [-0.05, 0) is 40.2 Å². The maximum Gasteiger partial charge on any atom is 0.0632 e. The highest BCUT2D eigenvalue weighted by molar-refractivity contribution is 9.10. The fourth-order valence-electron chi connectivity index (χ4n) is 0.998. The lowest BCUT2D eigenvalue weighted by atomic mass is 10.3. The molecule has 0 saturated carbocycles. The van der Waals surface area contributed by atoms with Crippen LogP contribution in [-0.2, 0) is 0 Å². The third-order valence-electron chi connectivity index (χ3n) is 1.65. The van der Waals surface area contributed by atoms with Gasteiger partial charge in [0.25, 0.3) is 0 Å². The van der Waals surface area contributed by atoms with Gasteiger partial charge < -0.3 is 5.43 Å². The van der Waals surface area contributed by atoms with Gasteiger partial charge in [-0.3, -0.25) is 5.84 Å². The van der Waals surface area contributed by atoms with Gasteiger partial charge in [0.2, 0.25) is 0 Å². The van der Waals surface area contributed by atoms with E-state index in [1.807, 2.05) is 18.2 Å². The van der Waals surface area contributed by atoms with Gasteiger partial charge >= 0.3 is 0 Å². The van der Waals surface area contributed by atoms with E-state index in [-0.39, 0.29) is 0 Å². The largest absolute Gasteiger partial charge is 0.323 e. The molecule has 3 N–H and O–H groups in total. The summed E-state index contributed by atoms with van der Waals surface area (Å²) >= 11 is 10.9. The minimum Gasteiger partial charge on any atom is -0.323 e. The van der Waals surface area contributed by atoms with Gasteiger partial charge in [-0.15, -0.1) is 23.4 Å². The molecule has 0 aromatic heterocycles. The summed E-state index contributed by atoms with van der Waals surface area (Å²) in [6.07, 6.45) is 0.998. The summed E-state index contributed by atoms with van der Waals surface area (Å²) in [7, 11) is 0. The number of anilines is 1. The number of nitrogens with one attached hydrogen (secondary N) is 1. The van der Waals surface area contributed by atoms with E-state index < -0.39 is 0 Å². The molecule has 0 aliphatic carbocycles. The highest BCUT2D eigenvalue weighted by Crippen LogP contribution is 2.34. The molecule has 1 rings (SSSR count). The minimum atomic E-state index is 0.697. The summed E-state index contributed by atoms with van der Waals surface area (Å²) in [5.41, 5.74) is 3.62. The van der Waals surface area contributed by atoms with E-state index in [2.05, 4.69) is 21.4 Å². The molecule has 0 spiro atoms. The molecule has 1 aromatic carbocycles. The highest BCUT2D eigenvalue weighted by atomic mass is 79.9. The van der Waals surface area contributed by atoms with E-state index in [0.717, 1.165) is 27.2 Å². The van der Waals surface area contributed by atoms with E-state index in [1.165, 1.54) is 0 Å². The number of alkyl halides is 1. The average Bonchev–Trinajstić information content (AvgIpc) is 2.20. The topological polar surface area (TPSA) is 38.0 Å². The molecule has 0 saturated heterocycles. The molecule has 2 nitrogen and oxygen atoms in total. The maximum absolute atomic E-state index is 5.62. The van der Waals surface area contributed by atoms with Crippen molar-refractivity contribution in [3.8, 4) is 0 Å². The normalized spacial score (nSPS) is 10.2. The summed E-state index contributed by atoms with van der Waals surface area (Å²) in [5.74, 6) is 7.11. The molecule has 78 valence electrons. The lowest BCUT2D eigenvalue weighted by Crippen LogP contribution is -2.07. The van der Waals surface area contributed by atoms with Crippen LogP contribution in [0.5, 0.6) is 0 Å². The van der Waals surface area contributed by atoms with Crippen LogP contribution in [0.3, 0.4) is 0 Å². The van der Waals surface area contributed by atoms with Crippen LogP contribution < -0.4 is 11.3 Å². The summed E-state index contributed by atoms with van der Waals surface area (Å²) in [6.45, 7) is 0. The Hall–Kier alpha value is 0.1000. The molecule has 0 fully saturated rings. The molecular formula is C9H12BrClN2S. The Morgan fingerprint density at radius 2 is 2.29 bits per heavy atom. The smallest absolute Gasteiger partial charge is 0.0632 e. The zero-order chi connectivity index (χ0) is 10.4. The van der Waals surface area contributed by atoms with Gasteiger partial charge in [0.05, 0.1) is 5.69 Å². The van der Waals surface area contributed by atoms with Gasteiger partial charge in [-0.25, -0.2) is 0 Å². The second-order valence-corrected chi connectivity index (χ2v) is 4.99. The fraction of sp³-hybridized carbons (Fsp3) is 0.333. The average molecular weight is 296 g/mol. The van der Waals surface area contributed by atoms with Crippen molar-refractivity contribution < 1.29 is 0 Å². The maximum atomic E-state index is 5.62. The monoisotopic (exact) mass is 294 g/mol. The lowest BCUT2D eigenvalue weighted by molar-refractivity contribution is 1.11. The highest BCUT2D eigenvalue weighted by Gasteiger charge is 2.05. The molecule has 0 aliphatic rings. The van der Waals surface area contributed by atoms with Crippen molar-refractivity contribution in [3.63, 3.8) is 0 Å². The standard InChI is InChI=1S/C9H12BrClN2S/c10-7-3-1-4-8(13-12)9(7)14-6-2-5-11/h1,3-4,13H,2,5-6,12H2. The zero-order valence-corrected chi connectivity index (χ0v) is 10.8. The quantitative estimate of drug-likeness (QED) is 0.287. The van der Waals surface area contributed by atoms with Crippen molar-refractivity contribution in [1.29, 1.82) is 0 Å². The van der Waals surface area contributed by atoms with E-state index in [1.54, 1.807) is 11.8 Å². The fourth-order valence-corrected chi connectivity index (χ4v) is 2.98. The Morgan fingerprint density at radius 3 is 2.93 bits per heavy atom. The van der Waals surface area contributed by atoms with Gasteiger partial charge in [-0.1, -0.05) is 6.07 Å². The molecule has 0 amide bonds. The molecule has 0 radical (unpaired) electrons. The van der Waals surface area contributed by atoms with Crippen LogP contribution in [0, 0.1) is 0 Å². The molecule has 0 bridgehead atoms. The molecule has 14 heavy (non-hydrogen) atoms. The number of rotatable bonds is 5. The van der Waals surface area contributed by atoms with Crippen LogP contribution in [0.2, 0.25) is 0 Å².